The monoisotopic (exact) mass is 619 g/mol. The van der Waals surface area contributed by atoms with Gasteiger partial charge in [-0.3, -0.25) is 13.9 Å². The molecule has 8 nitrogen and oxygen atoms in total. The van der Waals surface area contributed by atoms with Crippen LogP contribution < -0.4 is 14.4 Å². The number of hydrogen-bond acceptors (Lipinski definition) is 5. The van der Waals surface area contributed by atoms with Crippen LogP contribution in [0.5, 0.6) is 5.75 Å². The van der Waals surface area contributed by atoms with Gasteiger partial charge in [0.1, 0.15) is 18.3 Å². The van der Waals surface area contributed by atoms with E-state index < -0.39 is 46.2 Å². The smallest absolute Gasteiger partial charge is 0.416 e. The predicted octanol–water partition coefficient (Wildman–Crippen LogP) is 5.03. The second kappa shape index (κ2) is 14.4. The fourth-order valence-corrected chi connectivity index (χ4v) is 5.26. The average molecular weight is 620 g/mol. The molecular weight excluding hydrogens is 583 g/mol. The van der Waals surface area contributed by atoms with E-state index in [9.17, 15) is 31.2 Å². The van der Waals surface area contributed by atoms with Crippen molar-refractivity contribution in [3.63, 3.8) is 0 Å². The Hall–Kier alpha value is -4.06. The van der Waals surface area contributed by atoms with Gasteiger partial charge >= 0.3 is 6.18 Å². The van der Waals surface area contributed by atoms with Crippen LogP contribution in [0.15, 0.2) is 78.9 Å². The summed E-state index contributed by atoms with van der Waals surface area (Å²) in [7, 11) is -2.74. The summed E-state index contributed by atoms with van der Waals surface area (Å²) in [5.74, 6) is -0.708. The largest absolute Gasteiger partial charge is 0.497 e. The first-order valence-electron chi connectivity index (χ1n) is 13.6. The Labute approximate surface area is 250 Å². The third kappa shape index (κ3) is 9.47. The Kier molecular flexibility index (Phi) is 11.2. The minimum Gasteiger partial charge on any atom is -0.497 e. The van der Waals surface area contributed by atoms with Gasteiger partial charge in [-0.25, -0.2) is 8.42 Å². The minimum atomic E-state index is -4.73. The zero-order chi connectivity index (χ0) is 31.8. The number of anilines is 1. The van der Waals surface area contributed by atoms with Crippen molar-refractivity contribution in [3.8, 4) is 5.75 Å². The van der Waals surface area contributed by atoms with Crippen molar-refractivity contribution in [2.45, 2.75) is 51.5 Å². The molecule has 0 aromatic heterocycles. The molecule has 3 aromatic rings. The summed E-state index contributed by atoms with van der Waals surface area (Å²) in [6.07, 6.45) is -3.17. The lowest BCUT2D eigenvalue weighted by atomic mass is 10.0. The van der Waals surface area contributed by atoms with Crippen LogP contribution in [-0.4, -0.2) is 57.1 Å². The molecule has 0 heterocycles. The molecule has 0 saturated carbocycles. The highest BCUT2D eigenvalue weighted by Gasteiger charge is 2.35. The van der Waals surface area contributed by atoms with Gasteiger partial charge in [0.2, 0.25) is 21.8 Å². The number of hydrogen-bond donors (Lipinski definition) is 1. The van der Waals surface area contributed by atoms with Gasteiger partial charge in [0.05, 0.1) is 24.6 Å². The van der Waals surface area contributed by atoms with Crippen LogP contribution in [-0.2, 0) is 38.8 Å². The summed E-state index contributed by atoms with van der Waals surface area (Å²) in [5.41, 5.74) is -0.0231. The Morgan fingerprint density at radius 2 is 1.60 bits per heavy atom. The molecule has 0 unspecified atom stereocenters. The molecule has 0 radical (unpaired) electrons. The van der Waals surface area contributed by atoms with Crippen LogP contribution in [0, 0.1) is 0 Å². The highest BCUT2D eigenvalue weighted by Crippen LogP contribution is 2.32. The molecule has 0 spiro atoms. The highest BCUT2D eigenvalue weighted by atomic mass is 32.2. The van der Waals surface area contributed by atoms with E-state index in [1.807, 2.05) is 32.0 Å². The number of carbonyl (C=O) groups is 2. The van der Waals surface area contributed by atoms with Gasteiger partial charge in [0, 0.05) is 19.0 Å². The Bertz CT molecular complexity index is 1500. The first-order chi connectivity index (χ1) is 20.2. The molecule has 0 aliphatic rings. The van der Waals surface area contributed by atoms with Gasteiger partial charge in [-0.15, -0.1) is 0 Å². The topological polar surface area (TPSA) is 96.0 Å². The number of alkyl halides is 3. The Balaban J connectivity index is 2.10. The second-order valence-corrected chi connectivity index (χ2v) is 12.1. The summed E-state index contributed by atoms with van der Waals surface area (Å²) in [6, 6.07) is 18.4. The van der Waals surface area contributed by atoms with Gasteiger partial charge in [-0.05, 0) is 54.8 Å². The first-order valence-corrected chi connectivity index (χ1v) is 15.5. The molecule has 0 saturated heterocycles. The van der Waals surface area contributed by atoms with Gasteiger partial charge in [-0.2, -0.15) is 13.2 Å². The van der Waals surface area contributed by atoms with Crippen molar-refractivity contribution in [2.24, 2.45) is 0 Å². The van der Waals surface area contributed by atoms with E-state index in [-0.39, 0.29) is 24.7 Å². The molecule has 0 fully saturated rings. The number of rotatable bonds is 13. The van der Waals surface area contributed by atoms with Crippen LogP contribution >= 0.6 is 0 Å². The van der Waals surface area contributed by atoms with E-state index in [1.54, 1.807) is 36.4 Å². The molecule has 0 bridgehead atoms. The maximum Gasteiger partial charge on any atom is 0.416 e. The number of sulfonamides is 1. The molecule has 0 aliphatic carbocycles. The zero-order valence-corrected chi connectivity index (χ0v) is 25.3. The standard InChI is InChI=1S/C31H36F3N3O5S/c1-5-22(2)35-30(39)28(18-23-11-7-6-8-12-23)36(20-24-13-9-16-27(17-24)42-3)29(38)21-37(43(4,40)41)26-15-10-14-25(19-26)31(32,33)34/h6-17,19,22,28H,5,18,20-21H2,1-4H3,(H,35,39)/t22-,28+/m1/s1. The first kappa shape index (κ1) is 33.4. The van der Waals surface area contributed by atoms with E-state index in [1.165, 1.54) is 18.1 Å². The lowest BCUT2D eigenvalue weighted by Gasteiger charge is -2.34. The molecule has 3 rings (SSSR count). The lowest BCUT2D eigenvalue weighted by molar-refractivity contribution is -0.140. The van der Waals surface area contributed by atoms with Crippen LogP contribution in [0.3, 0.4) is 0 Å². The number of halogens is 3. The zero-order valence-electron chi connectivity index (χ0n) is 24.5. The number of methoxy groups -OCH3 is 1. The second-order valence-electron chi connectivity index (χ2n) is 10.2. The lowest BCUT2D eigenvalue weighted by Crippen LogP contribution is -2.54. The normalized spacial score (nSPS) is 13.1. The Morgan fingerprint density at radius 3 is 2.21 bits per heavy atom. The predicted molar refractivity (Wildman–Crippen MR) is 159 cm³/mol. The van der Waals surface area contributed by atoms with Crippen molar-refractivity contribution in [1.82, 2.24) is 10.2 Å². The quantitative estimate of drug-likeness (QED) is 0.290. The van der Waals surface area contributed by atoms with Gasteiger partial charge in [-0.1, -0.05) is 55.5 Å². The van der Waals surface area contributed by atoms with Crippen molar-refractivity contribution in [3.05, 3.63) is 95.6 Å². The SMILES string of the molecule is CC[C@@H](C)NC(=O)[C@H](Cc1ccccc1)N(Cc1cccc(OC)c1)C(=O)CN(c1cccc(C(F)(F)F)c1)S(C)(=O)=O. The van der Waals surface area contributed by atoms with Gasteiger partial charge in [0.25, 0.3) is 0 Å². The molecule has 43 heavy (non-hydrogen) atoms. The van der Waals surface area contributed by atoms with E-state index in [2.05, 4.69) is 5.32 Å². The summed E-state index contributed by atoms with van der Waals surface area (Å²) in [4.78, 5) is 29.1. The number of ether oxygens (including phenoxy) is 1. The van der Waals surface area contributed by atoms with Crippen LogP contribution in [0.4, 0.5) is 18.9 Å². The number of benzene rings is 3. The van der Waals surface area contributed by atoms with Gasteiger partial charge < -0.3 is 15.0 Å². The summed E-state index contributed by atoms with van der Waals surface area (Å²) >= 11 is 0. The van der Waals surface area contributed by atoms with E-state index in [0.29, 0.717) is 28.1 Å². The molecule has 12 heteroatoms. The summed E-state index contributed by atoms with van der Waals surface area (Å²) in [5, 5.41) is 2.92. The van der Waals surface area contributed by atoms with Crippen molar-refractivity contribution >= 4 is 27.5 Å². The molecular formula is C31H36F3N3O5S. The number of amides is 2. The van der Waals surface area contributed by atoms with E-state index >= 15 is 0 Å². The van der Waals surface area contributed by atoms with Crippen LogP contribution in [0.1, 0.15) is 37.0 Å². The summed E-state index contributed by atoms with van der Waals surface area (Å²) < 4.78 is 72.0. The molecule has 3 aromatic carbocycles. The fourth-order valence-electron chi connectivity index (χ4n) is 4.41. The number of nitrogens with zero attached hydrogens (tertiary/aromatic N) is 2. The van der Waals surface area contributed by atoms with Crippen LogP contribution in [0.25, 0.3) is 0 Å². The molecule has 2 amide bonds. The molecule has 0 aliphatic heterocycles. The van der Waals surface area contributed by atoms with Crippen molar-refractivity contribution in [1.29, 1.82) is 0 Å². The third-order valence-corrected chi connectivity index (χ3v) is 8.04. The maximum atomic E-state index is 14.1. The van der Waals surface area contributed by atoms with Crippen molar-refractivity contribution < 1.29 is 35.9 Å². The van der Waals surface area contributed by atoms with Gasteiger partial charge in [0.15, 0.2) is 0 Å². The number of nitrogens with one attached hydrogen (secondary N) is 1. The van der Waals surface area contributed by atoms with E-state index in [4.69, 9.17) is 4.74 Å². The third-order valence-electron chi connectivity index (χ3n) is 6.90. The fraction of sp³-hybridized carbons (Fsp3) is 0.355. The number of carbonyl (C=O) groups excluding carboxylic acids is 2. The molecule has 2 atom stereocenters. The average Bonchev–Trinajstić information content (AvgIpc) is 2.97. The highest BCUT2D eigenvalue weighted by molar-refractivity contribution is 7.92. The molecule has 1 N–H and O–H groups in total. The van der Waals surface area contributed by atoms with Crippen LogP contribution in [0.2, 0.25) is 0 Å². The van der Waals surface area contributed by atoms with Crippen molar-refractivity contribution in [2.75, 3.05) is 24.2 Å². The minimum absolute atomic E-state index is 0.0956. The summed E-state index contributed by atoms with van der Waals surface area (Å²) in [6.45, 7) is 2.80. The maximum absolute atomic E-state index is 14.1. The van der Waals surface area contributed by atoms with E-state index in [0.717, 1.165) is 24.0 Å². The Morgan fingerprint density at radius 1 is 0.953 bits per heavy atom. The molecule has 232 valence electrons.